The van der Waals surface area contributed by atoms with E-state index >= 15 is 0 Å². The van der Waals surface area contributed by atoms with E-state index in [9.17, 15) is 27.9 Å². The number of aliphatic hydroxyl groups excluding tert-OH is 1. The molecule has 0 aromatic heterocycles. The molecule has 12 heteroatoms. The van der Waals surface area contributed by atoms with E-state index < -0.39 is 56.4 Å². The Kier molecular flexibility index (Phi) is 13.1. The Hall–Kier alpha value is -3.48. The standard InChI is InChI=1S/C38H56N4O7S/c1-37(2,3)41-34(44)31-22-28-19-13-14-20-29(28)23-42(31)24-32(43)30(21-26-15-9-7-10-16-26)39-35(45)33(38(4,5)50(6,47)48)40-36(46)49-25-27-17-11-8-12-18-27/h7-12,15-18,28-33,43H,13-14,19-25H2,1-6H3,(H,39,45)(H,40,46)(H,41,44)/t28-,29+,30-,31-,32+,33+/m0/s1. The van der Waals surface area contributed by atoms with Crippen LogP contribution in [0.3, 0.4) is 0 Å². The molecule has 0 spiro atoms. The Balaban J connectivity index is 1.58. The highest BCUT2D eigenvalue weighted by molar-refractivity contribution is 7.92. The lowest BCUT2D eigenvalue weighted by atomic mass is 9.72. The van der Waals surface area contributed by atoms with Gasteiger partial charge in [0.25, 0.3) is 0 Å². The highest BCUT2D eigenvalue weighted by Crippen LogP contribution is 2.39. The van der Waals surface area contributed by atoms with E-state index in [1.165, 1.54) is 13.8 Å². The van der Waals surface area contributed by atoms with Gasteiger partial charge in [0.05, 0.1) is 22.9 Å². The predicted molar refractivity (Wildman–Crippen MR) is 194 cm³/mol. The fraction of sp³-hybridized carbons (Fsp3) is 0.605. The zero-order valence-electron chi connectivity index (χ0n) is 30.4. The highest BCUT2D eigenvalue weighted by atomic mass is 32.2. The molecule has 50 heavy (non-hydrogen) atoms. The SMILES string of the molecule is CC(C)(C)NC(=O)[C@@H]1C[C@@H]2CCCC[C@@H]2CN1C[C@@H](O)[C@H](Cc1ccccc1)NC(=O)[C@@H](NC(=O)OCc1ccccc1)C(C)(C)S(C)(=O)=O. The van der Waals surface area contributed by atoms with Crippen LogP contribution in [0, 0.1) is 11.8 Å². The Morgan fingerprint density at radius 1 is 0.900 bits per heavy atom. The van der Waals surface area contributed by atoms with Crippen LogP contribution >= 0.6 is 0 Å². The minimum atomic E-state index is -3.89. The maximum absolute atomic E-state index is 14.1. The summed E-state index contributed by atoms with van der Waals surface area (Å²) in [6, 6.07) is 15.5. The predicted octanol–water partition coefficient (Wildman–Crippen LogP) is 3.99. The Bertz CT molecular complexity index is 1550. The number of benzene rings is 2. The molecule has 11 nitrogen and oxygen atoms in total. The molecule has 3 amide bonds. The average Bonchev–Trinajstić information content (AvgIpc) is 3.05. The molecular weight excluding hydrogens is 657 g/mol. The number of fused-ring (bicyclic) bond motifs is 1. The molecule has 0 radical (unpaired) electrons. The number of ether oxygens (including phenoxy) is 1. The van der Waals surface area contributed by atoms with Gasteiger partial charge >= 0.3 is 6.09 Å². The number of amides is 3. The summed E-state index contributed by atoms with van der Waals surface area (Å²) < 4.78 is 29.6. The Labute approximate surface area is 297 Å². The first-order valence-corrected chi connectivity index (χ1v) is 19.6. The topological polar surface area (TPSA) is 154 Å². The summed E-state index contributed by atoms with van der Waals surface area (Å²) in [7, 11) is -3.89. The molecule has 2 fully saturated rings. The van der Waals surface area contributed by atoms with Gasteiger partial charge in [0.15, 0.2) is 9.84 Å². The van der Waals surface area contributed by atoms with Gasteiger partial charge in [-0.1, -0.05) is 79.9 Å². The van der Waals surface area contributed by atoms with Crippen molar-refractivity contribution in [3.05, 3.63) is 71.8 Å². The first kappa shape index (κ1) is 39.3. The van der Waals surface area contributed by atoms with E-state index in [0.717, 1.165) is 43.1 Å². The summed E-state index contributed by atoms with van der Waals surface area (Å²) in [5.41, 5.74) is 1.15. The molecule has 4 rings (SSSR count). The third-order valence-electron chi connectivity index (χ3n) is 10.2. The minimum absolute atomic E-state index is 0.0721. The first-order chi connectivity index (χ1) is 23.4. The molecule has 1 heterocycles. The summed E-state index contributed by atoms with van der Waals surface area (Å²) in [5, 5.41) is 20.5. The fourth-order valence-electron chi connectivity index (χ4n) is 7.06. The van der Waals surface area contributed by atoms with E-state index in [0.29, 0.717) is 24.8 Å². The highest BCUT2D eigenvalue weighted by Gasteiger charge is 2.46. The number of sulfone groups is 1. The lowest BCUT2D eigenvalue weighted by Crippen LogP contribution is -2.64. The number of hydrogen-bond acceptors (Lipinski definition) is 8. The number of nitrogens with zero attached hydrogens (tertiary/aromatic N) is 1. The van der Waals surface area contributed by atoms with Crippen LogP contribution in [0.2, 0.25) is 0 Å². The van der Waals surface area contributed by atoms with E-state index in [2.05, 4.69) is 20.9 Å². The lowest BCUT2D eigenvalue weighted by Gasteiger charge is -2.47. The molecule has 2 aromatic carbocycles. The summed E-state index contributed by atoms with van der Waals surface area (Å²) >= 11 is 0. The van der Waals surface area contributed by atoms with Crippen LogP contribution in [-0.2, 0) is 37.2 Å². The van der Waals surface area contributed by atoms with Gasteiger partial charge in [-0.25, -0.2) is 13.2 Å². The Morgan fingerprint density at radius 3 is 2.06 bits per heavy atom. The number of β-amino-alcohol motifs (C(OH)–C–C–N with tert-alkyl or cyclic N) is 1. The van der Waals surface area contributed by atoms with Gasteiger partial charge in [-0.15, -0.1) is 0 Å². The molecular formula is C38H56N4O7S. The van der Waals surface area contributed by atoms with Gasteiger partial charge in [-0.2, -0.15) is 0 Å². The number of rotatable bonds is 13. The lowest BCUT2D eigenvalue weighted by molar-refractivity contribution is -0.133. The number of carbonyl (C=O) groups excluding carboxylic acids is 3. The summed E-state index contributed by atoms with van der Waals surface area (Å²) in [5.74, 6) is 0.0119. The maximum Gasteiger partial charge on any atom is 0.408 e. The number of likely N-dealkylation sites (tertiary alicyclic amines) is 1. The first-order valence-electron chi connectivity index (χ1n) is 17.7. The van der Waals surface area contributed by atoms with Crippen molar-refractivity contribution in [2.24, 2.45) is 11.8 Å². The van der Waals surface area contributed by atoms with Gasteiger partial charge in [0.2, 0.25) is 11.8 Å². The van der Waals surface area contributed by atoms with Crippen LogP contribution < -0.4 is 16.0 Å². The number of piperidine rings is 1. The van der Waals surface area contributed by atoms with Crippen LogP contribution in [0.4, 0.5) is 4.79 Å². The van der Waals surface area contributed by atoms with Crippen LogP contribution in [-0.4, -0.2) is 90.2 Å². The number of alkyl carbamates (subject to hydrolysis) is 1. The minimum Gasteiger partial charge on any atom is -0.445 e. The number of aliphatic hydroxyl groups is 1. The molecule has 276 valence electrons. The van der Waals surface area contributed by atoms with Crippen molar-refractivity contribution in [2.45, 2.75) is 114 Å². The quantitative estimate of drug-likeness (QED) is 0.243. The maximum atomic E-state index is 14.1. The smallest absolute Gasteiger partial charge is 0.408 e. The van der Waals surface area contributed by atoms with E-state index in [4.69, 9.17) is 4.74 Å². The average molecular weight is 713 g/mol. The molecule has 1 saturated carbocycles. The van der Waals surface area contributed by atoms with Crippen molar-refractivity contribution in [2.75, 3.05) is 19.3 Å². The fourth-order valence-corrected chi connectivity index (χ4v) is 7.66. The molecule has 0 bridgehead atoms. The normalized spacial score (nSPS) is 21.9. The van der Waals surface area contributed by atoms with Gasteiger partial charge in [-0.3, -0.25) is 14.5 Å². The summed E-state index contributed by atoms with van der Waals surface area (Å²) in [6.45, 7) is 9.30. The second-order valence-corrected chi connectivity index (χ2v) is 18.2. The van der Waals surface area contributed by atoms with E-state index in [-0.39, 0.29) is 25.5 Å². The number of hydrogen-bond donors (Lipinski definition) is 4. The number of nitrogens with one attached hydrogen (secondary N) is 3. The third-order valence-corrected chi connectivity index (χ3v) is 12.4. The zero-order chi connectivity index (χ0) is 36.7. The molecule has 1 aliphatic heterocycles. The molecule has 2 aliphatic rings. The monoisotopic (exact) mass is 712 g/mol. The third kappa shape index (κ3) is 10.8. The summed E-state index contributed by atoms with van der Waals surface area (Å²) in [4.78, 5) is 42.8. The number of carbonyl (C=O) groups is 3. The van der Waals surface area contributed by atoms with Gasteiger partial charge in [0.1, 0.15) is 12.6 Å². The summed E-state index contributed by atoms with van der Waals surface area (Å²) in [6.07, 6.45) is 4.33. The van der Waals surface area contributed by atoms with Crippen LogP contribution in [0.15, 0.2) is 60.7 Å². The van der Waals surface area contributed by atoms with Crippen molar-refractivity contribution in [1.82, 2.24) is 20.9 Å². The molecule has 4 N–H and O–H groups in total. The van der Waals surface area contributed by atoms with Crippen molar-refractivity contribution in [1.29, 1.82) is 0 Å². The largest absolute Gasteiger partial charge is 0.445 e. The van der Waals surface area contributed by atoms with Crippen LogP contribution in [0.5, 0.6) is 0 Å². The zero-order valence-corrected chi connectivity index (χ0v) is 31.2. The van der Waals surface area contributed by atoms with Crippen molar-refractivity contribution < 1.29 is 32.6 Å². The molecule has 0 unspecified atom stereocenters. The second kappa shape index (κ2) is 16.7. The van der Waals surface area contributed by atoms with Gasteiger partial charge in [-0.05, 0) is 76.8 Å². The van der Waals surface area contributed by atoms with Crippen molar-refractivity contribution in [3.8, 4) is 0 Å². The van der Waals surface area contributed by atoms with Crippen LogP contribution in [0.1, 0.15) is 77.8 Å². The van der Waals surface area contributed by atoms with Crippen LogP contribution in [0.25, 0.3) is 0 Å². The molecule has 1 saturated heterocycles. The second-order valence-electron chi connectivity index (χ2n) is 15.6. The van der Waals surface area contributed by atoms with E-state index in [1.54, 1.807) is 24.3 Å². The van der Waals surface area contributed by atoms with Crippen molar-refractivity contribution >= 4 is 27.7 Å². The van der Waals surface area contributed by atoms with Gasteiger partial charge < -0.3 is 25.8 Å². The molecule has 2 aromatic rings. The molecule has 6 atom stereocenters. The van der Waals surface area contributed by atoms with Crippen molar-refractivity contribution in [3.63, 3.8) is 0 Å². The van der Waals surface area contributed by atoms with Gasteiger partial charge in [0, 0.05) is 24.9 Å². The Morgan fingerprint density at radius 2 is 1.48 bits per heavy atom. The molecule has 1 aliphatic carbocycles. The van der Waals surface area contributed by atoms with E-state index in [1.807, 2.05) is 57.2 Å².